The van der Waals surface area contributed by atoms with Gasteiger partial charge in [0.2, 0.25) is 5.91 Å². The van der Waals surface area contributed by atoms with Crippen LogP contribution >= 0.6 is 0 Å². The first-order valence-electron chi connectivity index (χ1n) is 7.36. The van der Waals surface area contributed by atoms with Crippen LogP contribution in [0.15, 0.2) is 12.5 Å². The van der Waals surface area contributed by atoms with E-state index in [4.69, 9.17) is 0 Å². The van der Waals surface area contributed by atoms with Gasteiger partial charge in [0.25, 0.3) is 0 Å². The average molecular weight is 288 g/mol. The molecule has 1 unspecified atom stereocenters. The van der Waals surface area contributed by atoms with Gasteiger partial charge in [0, 0.05) is 26.7 Å². The lowest BCUT2D eigenvalue weighted by Crippen LogP contribution is -2.43. The molecule has 3 rings (SSSR count). The first-order chi connectivity index (χ1) is 10.2. The fourth-order valence-corrected chi connectivity index (χ4v) is 2.90. The molecule has 0 spiro atoms. The van der Waals surface area contributed by atoms with E-state index in [9.17, 15) is 4.79 Å². The number of carbonyl (C=O) groups excluding carboxylic acids is 1. The number of nitrogens with zero attached hydrogens (tertiary/aromatic N) is 5. The average Bonchev–Trinajstić information content (AvgIpc) is 2.89. The minimum absolute atomic E-state index is 0.0281. The Morgan fingerprint density at radius 1 is 1.48 bits per heavy atom. The van der Waals surface area contributed by atoms with Crippen molar-refractivity contribution in [2.24, 2.45) is 13.0 Å². The lowest BCUT2D eigenvalue weighted by atomic mass is 9.97. The van der Waals surface area contributed by atoms with E-state index in [1.54, 1.807) is 17.2 Å². The summed E-state index contributed by atoms with van der Waals surface area (Å²) >= 11 is 0. The van der Waals surface area contributed by atoms with E-state index < -0.39 is 0 Å². The summed E-state index contributed by atoms with van der Waals surface area (Å²) in [6, 6.07) is 0. The van der Waals surface area contributed by atoms with Crippen molar-refractivity contribution in [1.29, 1.82) is 0 Å². The summed E-state index contributed by atoms with van der Waals surface area (Å²) in [6.07, 6.45) is 5.28. The fraction of sp³-hybridized carbons (Fsp3) is 0.571. The molecule has 2 aromatic heterocycles. The zero-order valence-corrected chi connectivity index (χ0v) is 12.4. The van der Waals surface area contributed by atoms with Crippen molar-refractivity contribution in [2.75, 3.05) is 24.5 Å². The topological polar surface area (TPSA) is 75.9 Å². The molecule has 1 amide bonds. The second kappa shape index (κ2) is 5.67. The van der Waals surface area contributed by atoms with Gasteiger partial charge >= 0.3 is 0 Å². The van der Waals surface area contributed by atoms with Gasteiger partial charge in [-0.05, 0) is 19.8 Å². The molecule has 1 aliphatic heterocycles. The highest BCUT2D eigenvalue weighted by Crippen LogP contribution is 2.27. The summed E-state index contributed by atoms with van der Waals surface area (Å²) in [7, 11) is 1.87. The Bertz CT molecular complexity index is 652. The summed E-state index contributed by atoms with van der Waals surface area (Å²) < 4.78 is 1.74. The normalized spacial score (nSPS) is 19.0. The number of hydrogen-bond donors (Lipinski definition) is 1. The third kappa shape index (κ3) is 2.55. The van der Waals surface area contributed by atoms with E-state index in [0.29, 0.717) is 13.1 Å². The molecule has 0 radical (unpaired) electrons. The Labute approximate surface area is 123 Å². The third-order valence-corrected chi connectivity index (χ3v) is 3.95. The summed E-state index contributed by atoms with van der Waals surface area (Å²) in [6.45, 7) is 4.24. The molecule has 1 fully saturated rings. The molecule has 1 N–H and O–H groups in total. The number of amides is 1. The maximum atomic E-state index is 12.1. The van der Waals surface area contributed by atoms with E-state index >= 15 is 0 Å². The van der Waals surface area contributed by atoms with Crippen molar-refractivity contribution >= 4 is 22.8 Å². The van der Waals surface area contributed by atoms with E-state index in [-0.39, 0.29) is 11.8 Å². The van der Waals surface area contributed by atoms with Gasteiger partial charge < -0.3 is 10.2 Å². The van der Waals surface area contributed by atoms with Gasteiger partial charge in [0.1, 0.15) is 12.1 Å². The van der Waals surface area contributed by atoms with Crippen LogP contribution in [-0.4, -0.2) is 45.3 Å². The predicted molar refractivity (Wildman–Crippen MR) is 79.9 cm³/mol. The van der Waals surface area contributed by atoms with E-state index in [1.807, 2.05) is 14.0 Å². The van der Waals surface area contributed by atoms with Crippen molar-refractivity contribution in [3.05, 3.63) is 12.5 Å². The van der Waals surface area contributed by atoms with Crippen LogP contribution in [0.4, 0.5) is 5.82 Å². The van der Waals surface area contributed by atoms with Crippen molar-refractivity contribution in [2.45, 2.75) is 19.8 Å². The van der Waals surface area contributed by atoms with Gasteiger partial charge in [0.05, 0.1) is 17.5 Å². The van der Waals surface area contributed by atoms with Crippen molar-refractivity contribution in [3.63, 3.8) is 0 Å². The molecule has 7 nitrogen and oxygen atoms in total. The predicted octanol–water partition coefficient (Wildman–Crippen LogP) is 0.716. The van der Waals surface area contributed by atoms with Crippen LogP contribution in [-0.2, 0) is 11.8 Å². The monoisotopic (exact) mass is 288 g/mol. The quantitative estimate of drug-likeness (QED) is 0.900. The molecule has 2 aromatic rings. The molecule has 1 saturated heterocycles. The third-order valence-electron chi connectivity index (χ3n) is 3.95. The van der Waals surface area contributed by atoms with Crippen LogP contribution in [0.5, 0.6) is 0 Å². The van der Waals surface area contributed by atoms with Crippen molar-refractivity contribution in [3.8, 4) is 0 Å². The van der Waals surface area contributed by atoms with Gasteiger partial charge in [-0.2, -0.15) is 5.10 Å². The second-order valence-electron chi connectivity index (χ2n) is 5.38. The number of piperidine rings is 1. The van der Waals surface area contributed by atoms with Crippen LogP contribution in [0, 0.1) is 5.92 Å². The van der Waals surface area contributed by atoms with E-state index in [1.165, 1.54) is 0 Å². The Balaban J connectivity index is 1.86. The summed E-state index contributed by atoms with van der Waals surface area (Å²) in [5, 5.41) is 8.10. The summed E-state index contributed by atoms with van der Waals surface area (Å²) in [4.78, 5) is 22.9. The highest BCUT2D eigenvalue weighted by Gasteiger charge is 2.27. The lowest BCUT2D eigenvalue weighted by molar-refractivity contribution is -0.125. The molecule has 112 valence electrons. The van der Waals surface area contributed by atoms with Crippen molar-refractivity contribution in [1.82, 2.24) is 25.1 Å². The Hall–Kier alpha value is -2.18. The van der Waals surface area contributed by atoms with E-state index in [2.05, 4.69) is 25.3 Å². The smallest absolute Gasteiger partial charge is 0.224 e. The zero-order valence-electron chi connectivity index (χ0n) is 12.4. The first-order valence-corrected chi connectivity index (χ1v) is 7.36. The molecule has 0 aromatic carbocycles. The van der Waals surface area contributed by atoms with Crippen LogP contribution in [0.25, 0.3) is 11.0 Å². The van der Waals surface area contributed by atoms with Gasteiger partial charge in [0.15, 0.2) is 5.65 Å². The lowest BCUT2D eigenvalue weighted by Gasteiger charge is -2.33. The van der Waals surface area contributed by atoms with Crippen LogP contribution in [0.3, 0.4) is 0 Å². The highest BCUT2D eigenvalue weighted by atomic mass is 16.1. The van der Waals surface area contributed by atoms with E-state index in [0.717, 1.165) is 36.2 Å². The van der Waals surface area contributed by atoms with Gasteiger partial charge in [-0.15, -0.1) is 0 Å². The molecule has 0 bridgehead atoms. The number of aromatic nitrogens is 4. The molecule has 21 heavy (non-hydrogen) atoms. The minimum Gasteiger partial charge on any atom is -0.356 e. The molecule has 1 atom stereocenters. The number of carbonyl (C=O) groups is 1. The molecule has 7 heteroatoms. The summed E-state index contributed by atoms with van der Waals surface area (Å²) in [5.74, 6) is 1.04. The molecule has 1 aliphatic rings. The number of nitrogens with one attached hydrogen (secondary N) is 1. The van der Waals surface area contributed by atoms with Gasteiger partial charge in [-0.3, -0.25) is 9.48 Å². The molecule has 0 saturated carbocycles. The number of rotatable bonds is 3. The molecule has 3 heterocycles. The maximum absolute atomic E-state index is 12.1. The second-order valence-corrected chi connectivity index (χ2v) is 5.38. The highest BCUT2D eigenvalue weighted by molar-refractivity contribution is 5.87. The standard InChI is InChI=1S/C14H20N6O/c1-3-15-14(21)10-5-4-6-20(8-10)13-11-7-18-19(2)12(11)16-9-17-13/h7,9-10H,3-6,8H2,1-2H3,(H,15,21). The minimum atomic E-state index is 0.0281. The number of hydrogen-bond acceptors (Lipinski definition) is 5. The van der Waals surface area contributed by atoms with Gasteiger partial charge in [-0.1, -0.05) is 0 Å². The number of aryl methyl sites for hydroxylation is 1. The largest absolute Gasteiger partial charge is 0.356 e. The van der Waals surface area contributed by atoms with Crippen molar-refractivity contribution < 1.29 is 4.79 Å². The zero-order chi connectivity index (χ0) is 14.8. The summed E-state index contributed by atoms with van der Waals surface area (Å²) in [5.41, 5.74) is 0.820. The molecule has 0 aliphatic carbocycles. The Kier molecular flexibility index (Phi) is 3.72. The maximum Gasteiger partial charge on any atom is 0.224 e. The number of anilines is 1. The molecular weight excluding hydrogens is 268 g/mol. The fourth-order valence-electron chi connectivity index (χ4n) is 2.90. The van der Waals surface area contributed by atoms with Crippen LogP contribution in [0.1, 0.15) is 19.8 Å². The first kappa shape index (κ1) is 13.8. The van der Waals surface area contributed by atoms with Crippen LogP contribution < -0.4 is 10.2 Å². The van der Waals surface area contributed by atoms with Crippen LogP contribution in [0.2, 0.25) is 0 Å². The Morgan fingerprint density at radius 3 is 3.14 bits per heavy atom. The SMILES string of the molecule is CCNC(=O)C1CCCN(c2ncnc3c2cnn3C)C1. The molecular formula is C14H20N6O. The number of fused-ring (bicyclic) bond motifs is 1. The van der Waals surface area contributed by atoms with Gasteiger partial charge in [-0.25, -0.2) is 9.97 Å². The Morgan fingerprint density at radius 2 is 2.33 bits per heavy atom.